The first-order valence-electron chi connectivity index (χ1n) is 3.47. The fraction of sp³-hybridized carbons (Fsp3) is 0.667. The molecule has 0 aromatic heterocycles. The monoisotopic (exact) mass is 189 g/mol. The molecule has 1 rings (SSSR count). The molecular weight excluding hydrogens is 178 g/mol. The molecule has 1 heterocycles. The minimum absolute atomic E-state index is 0.244. The van der Waals surface area contributed by atoms with Gasteiger partial charge in [-0.25, -0.2) is 0 Å². The van der Waals surface area contributed by atoms with Crippen LogP contribution in [0.1, 0.15) is 12.8 Å². The maximum Gasteiger partial charge on any atom is 0.184 e. The normalized spacial score (nSPS) is 21.6. The molecule has 1 saturated heterocycles. The van der Waals surface area contributed by atoms with Crippen LogP contribution in [0.3, 0.4) is 0 Å². The Bertz CT molecular complexity index is 171. The lowest BCUT2D eigenvalue weighted by Gasteiger charge is -2.11. The highest BCUT2D eigenvalue weighted by Gasteiger charge is 2.06. The summed E-state index contributed by atoms with van der Waals surface area (Å²) in [5, 5.41) is 4.31. The Hall–Kier alpha value is -0.290. The van der Waals surface area contributed by atoms with Gasteiger partial charge in [0.25, 0.3) is 0 Å². The van der Waals surface area contributed by atoms with Crippen molar-refractivity contribution in [3.05, 3.63) is 0 Å². The third-order valence-electron chi connectivity index (χ3n) is 1.35. The number of hydrogen-bond acceptors (Lipinski definition) is 3. The lowest BCUT2D eigenvalue weighted by atomic mass is 10.2. The van der Waals surface area contributed by atoms with Gasteiger partial charge in [-0.15, -0.1) is 0 Å². The van der Waals surface area contributed by atoms with E-state index in [4.69, 9.17) is 5.73 Å². The Balaban J connectivity index is 2.32. The smallest absolute Gasteiger partial charge is 0.184 e. The van der Waals surface area contributed by atoms with Gasteiger partial charge in [-0.1, -0.05) is 0 Å². The number of thioether (sulfide) groups is 1. The number of hydrogen-bond donors (Lipinski definition) is 2. The highest BCUT2D eigenvalue weighted by atomic mass is 32.2. The van der Waals surface area contributed by atoms with Gasteiger partial charge < -0.3 is 5.73 Å². The van der Waals surface area contributed by atoms with Gasteiger partial charge in [0.2, 0.25) is 0 Å². The molecule has 0 saturated carbocycles. The van der Waals surface area contributed by atoms with Gasteiger partial charge in [0.1, 0.15) is 0 Å². The molecule has 0 amide bonds. The van der Waals surface area contributed by atoms with Crippen molar-refractivity contribution >= 4 is 34.8 Å². The summed E-state index contributed by atoms with van der Waals surface area (Å²) in [5.41, 5.74) is 8.98. The third-order valence-corrected chi connectivity index (χ3v) is 2.55. The van der Waals surface area contributed by atoms with E-state index in [-0.39, 0.29) is 5.11 Å². The SMILES string of the molecule is NC(=S)NN=C1CCCSC1. The summed E-state index contributed by atoms with van der Waals surface area (Å²) in [5.74, 6) is 2.25. The Morgan fingerprint density at radius 1 is 1.73 bits per heavy atom. The summed E-state index contributed by atoms with van der Waals surface area (Å²) in [6, 6.07) is 0. The molecule has 3 N–H and O–H groups in total. The molecule has 0 bridgehead atoms. The number of thiocarbonyl (C=S) groups is 1. The molecule has 1 aliphatic rings. The van der Waals surface area contributed by atoms with Crippen LogP contribution in [0, 0.1) is 0 Å². The van der Waals surface area contributed by atoms with Crippen molar-refractivity contribution in [3.63, 3.8) is 0 Å². The van der Waals surface area contributed by atoms with E-state index in [1.54, 1.807) is 0 Å². The minimum Gasteiger partial charge on any atom is -0.375 e. The molecular formula is C6H11N3S2. The maximum absolute atomic E-state index is 5.22. The molecule has 11 heavy (non-hydrogen) atoms. The van der Waals surface area contributed by atoms with Crippen LogP contribution in [-0.2, 0) is 0 Å². The van der Waals surface area contributed by atoms with Crippen LogP contribution in [0.15, 0.2) is 5.10 Å². The van der Waals surface area contributed by atoms with Gasteiger partial charge >= 0.3 is 0 Å². The Labute approximate surface area is 75.8 Å². The van der Waals surface area contributed by atoms with E-state index in [9.17, 15) is 0 Å². The van der Waals surface area contributed by atoms with Crippen molar-refractivity contribution in [2.45, 2.75) is 12.8 Å². The third kappa shape index (κ3) is 3.57. The predicted molar refractivity (Wildman–Crippen MR) is 53.9 cm³/mol. The molecule has 0 aliphatic carbocycles. The molecule has 1 fully saturated rings. The van der Waals surface area contributed by atoms with E-state index in [0.29, 0.717) is 0 Å². The first-order valence-corrected chi connectivity index (χ1v) is 5.04. The van der Waals surface area contributed by atoms with E-state index in [0.717, 1.165) is 17.9 Å². The number of nitrogens with zero attached hydrogens (tertiary/aromatic N) is 1. The first-order chi connectivity index (χ1) is 5.29. The lowest BCUT2D eigenvalue weighted by Crippen LogP contribution is -2.26. The van der Waals surface area contributed by atoms with Gasteiger partial charge in [-0.05, 0) is 30.8 Å². The van der Waals surface area contributed by atoms with Crippen LogP contribution in [0.2, 0.25) is 0 Å². The fourth-order valence-corrected chi connectivity index (χ4v) is 1.85. The van der Waals surface area contributed by atoms with Crippen molar-refractivity contribution in [2.24, 2.45) is 10.8 Å². The van der Waals surface area contributed by atoms with Crippen LogP contribution in [0.5, 0.6) is 0 Å². The summed E-state index contributed by atoms with van der Waals surface area (Å²) in [6.45, 7) is 0. The average Bonchev–Trinajstić information content (AvgIpc) is 2.03. The van der Waals surface area contributed by atoms with Crippen molar-refractivity contribution in [1.82, 2.24) is 5.43 Å². The van der Waals surface area contributed by atoms with Crippen molar-refractivity contribution in [3.8, 4) is 0 Å². The zero-order valence-electron chi connectivity index (χ0n) is 6.17. The Kier molecular flexibility index (Phi) is 3.65. The van der Waals surface area contributed by atoms with Crippen LogP contribution < -0.4 is 11.2 Å². The standard InChI is InChI=1S/C6H11N3S2/c7-6(10)9-8-5-2-1-3-11-4-5/h1-4H2,(H3,7,9,10). The lowest BCUT2D eigenvalue weighted by molar-refractivity contribution is 0.944. The molecule has 0 aromatic carbocycles. The molecule has 0 atom stereocenters. The molecule has 0 radical (unpaired) electrons. The minimum atomic E-state index is 0.244. The van der Waals surface area contributed by atoms with Gasteiger partial charge in [0.05, 0.1) is 0 Å². The molecule has 62 valence electrons. The van der Waals surface area contributed by atoms with Crippen LogP contribution in [0.4, 0.5) is 0 Å². The van der Waals surface area contributed by atoms with Crippen molar-refractivity contribution in [2.75, 3.05) is 11.5 Å². The number of rotatable bonds is 1. The van der Waals surface area contributed by atoms with E-state index in [1.807, 2.05) is 11.8 Å². The van der Waals surface area contributed by atoms with Gasteiger partial charge in [0, 0.05) is 11.5 Å². The van der Waals surface area contributed by atoms with Crippen LogP contribution >= 0.6 is 24.0 Å². The molecule has 0 aromatic rings. The van der Waals surface area contributed by atoms with E-state index in [1.165, 1.54) is 12.2 Å². The summed E-state index contributed by atoms with van der Waals surface area (Å²) in [6.07, 6.45) is 2.28. The second-order valence-corrected chi connectivity index (χ2v) is 3.86. The molecule has 0 unspecified atom stereocenters. The average molecular weight is 189 g/mol. The topological polar surface area (TPSA) is 50.4 Å². The Morgan fingerprint density at radius 3 is 3.09 bits per heavy atom. The molecule has 3 nitrogen and oxygen atoms in total. The predicted octanol–water partition coefficient (Wildman–Crippen LogP) is 0.703. The second kappa shape index (κ2) is 4.56. The van der Waals surface area contributed by atoms with E-state index < -0.39 is 0 Å². The zero-order chi connectivity index (χ0) is 8.10. The van der Waals surface area contributed by atoms with Crippen LogP contribution in [0.25, 0.3) is 0 Å². The summed E-state index contributed by atoms with van der Waals surface area (Å²) in [4.78, 5) is 0. The molecule has 1 aliphatic heterocycles. The number of hydrazone groups is 1. The highest BCUT2D eigenvalue weighted by Crippen LogP contribution is 2.13. The van der Waals surface area contributed by atoms with Gasteiger partial charge in [-0.3, -0.25) is 5.43 Å². The number of nitrogens with one attached hydrogen (secondary N) is 1. The van der Waals surface area contributed by atoms with Crippen molar-refractivity contribution < 1.29 is 0 Å². The van der Waals surface area contributed by atoms with E-state index in [2.05, 4.69) is 22.7 Å². The van der Waals surface area contributed by atoms with Crippen molar-refractivity contribution in [1.29, 1.82) is 0 Å². The number of nitrogens with two attached hydrogens (primary N) is 1. The van der Waals surface area contributed by atoms with Gasteiger partial charge in [-0.2, -0.15) is 16.9 Å². The van der Waals surface area contributed by atoms with E-state index >= 15 is 0 Å². The zero-order valence-corrected chi connectivity index (χ0v) is 7.80. The quantitative estimate of drug-likeness (QED) is 0.471. The fourth-order valence-electron chi connectivity index (χ4n) is 0.863. The highest BCUT2D eigenvalue weighted by molar-refractivity contribution is 8.00. The molecule has 0 spiro atoms. The van der Waals surface area contributed by atoms with Gasteiger partial charge in [0.15, 0.2) is 5.11 Å². The summed E-state index contributed by atoms with van der Waals surface area (Å²) >= 11 is 6.52. The summed E-state index contributed by atoms with van der Waals surface area (Å²) in [7, 11) is 0. The first kappa shape index (κ1) is 8.80. The maximum atomic E-state index is 5.22. The van der Waals surface area contributed by atoms with Crippen LogP contribution in [-0.4, -0.2) is 22.3 Å². The molecule has 5 heteroatoms. The Morgan fingerprint density at radius 2 is 2.55 bits per heavy atom. The second-order valence-electron chi connectivity index (χ2n) is 2.31. The largest absolute Gasteiger partial charge is 0.375 e. The summed E-state index contributed by atoms with van der Waals surface area (Å²) < 4.78 is 0.